The summed E-state index contributed by atoms with van der Waals surface area (Å²) in [6.45, 7) is 1.13. The van der Waals surface area contributed by atoms with E-state index < -0.39 is 16.0 Å². The standard InChI is InChI=1S/C22H21ClN2O6S/c1-29-18-6-5-15-11-17(21(23)24-20(15)13-18)14-31-22(26)16-3-2-4-19(12-16)32(27,28)25-7-9-30-10-8-25/h2-6,11-13H,7-10,14H2,1H3. The van der Waals surface area contributed by atoms with Crippen LogP contribution >= 0.6 is 11.6 Å². The molecule has 2 heterocycles. The van der Waals surface area contributed by atoms with Crippen LogP contribution in [0.2, 0.25) is 5.15 Å². The lowest BCUT2D eigenvalue weighted by Gasteiger charge is -2.26. The number of carbonyl (C=O) groups is 1. The first-order valence-electron chi connectivity index (χ1n) is 9.87. The highest BCUT2D eigenvalue weighted by Gasteiger charge is 2.27. The number of carbonyl (C=O) groups excluding carboxylic acids is 1. The van der Waals surface area contributed by atoms with E-state index in [9.17, 15) is 13.2 Å². The van der Waals surface area contributed by atoms with E-state index in [0.717, 1.165) is 5.39 Å². The molecule has 0 radical (unpaired) electrons. The number of methoxy groups -OCH3 is 1. The van der Waals surface area contributed by atoms with Crippen LogP contribution in [0.4, 0.5) is 0 Å². The molecule has 0 atom stereocenters. The Labute approximate surface area is 190 Å². The van der Waals surface area contributed by atoms with Crippen molar-refractivity contribution in [3.63, 3.8) is 0 Å². The van der Waals surface area contributed by atoms with Gasteiger partial charge in [-0.3, -0.25) is 0 Å². The number of fused-ring (bicyclic) bond motifs is 1. The summed E-state index contributed by atoms with van der Waals surface area (Å²) in [5.41, 5.74) is 1.33. The molecule has 0 N–H and O–H groups in total. The minimum Gasteiger partial charge on any atom is -0.497 e. The first-order chi connectivity index (χ1) is 15.4. The summed E-state index contributed by atoms with van der Waals surface area (Å²) < 4.78 is 42.8. The number of esters is 1. The van der Waals surface area contributed by atoms with Gasteiger partial charge in [-0.2, -0.15) is 4.31 Å². The van der Waals surface area contributed by atoms with Crippen molar-refractivity contribution in [2.45, 2.75) is 11.5 Å². The van der Waals surface area contributed by atoms with Gasteiger partial charge in [-0.1, -0.05) is 17.7 Å². The summed E-state index contributed by atoms with van der Waals surface area (Å²) in [6.07, 6.45) is 0. The van der Waals surface area contributed by atoms with Crippen LogP contribution in [0.5, 0.6) is 5.75 Å². The van der Waals surface area contributed by atoms with Crippen molar-refractivity contribution in [2.24, 2.45) is 0 Å². The minimum absolute atomic E-state index is 0.0354. The van der Waals surface area contributed by atoms with Gasteiger partial charge in [-0.25, -0.2) is 18.2 Å². The van der Waals surface area contributed by atoms with Crippen LogP contribution in [-0.4, -0.2) is 57.1 Å². The Morgan fingerprint density at radius 3 is 2.69 bits per heavy atom. The number of hydrogen-bond donors (Lipinski definition) is 0. The first kappa shape index (κ1) is 22.5. The van der Waals surface area contributed by atoms with Crippen LogP contribution in [0.1, 0.15) is 15.9 Å². The maximum absolute atomic E-state index is 12.8. The van der Waals surface area contributed by atoms with Crippen molar-refractivity contribution >= 4 is 38.5 Å². The minimum atomic E-state index is -3.72. The summed E-state index contributed by atoms with van der Waals surface area (Å²) in [7, 11) is -2.15. The normalized spacial score (nSPS) is 14.9. The van der Waals surface area contributed by atoms with Gasteiger partial charge >= 0.3 is 5.97 Å². The average Bonchev–Trinajstić information content (AvgIpc) is 2.82. The van der Waals surface area contributed by atoms with Crippen LogP contribution in [0, 0.1) is 0 Å². The average molecular weight is 477 g/mol. The van der Waals surface area contributed by atoms with Crippen LogP contribution in [0.25, 0.3) is 10.9 Å². The molecule has 32 heavy (non-hydrogen) atoms. The highest BCUT2D eigenvalue weighted by molar-refractivity contribution is 7.89. The molecule has 8 nitrogen and oxygen atoms in total. The molecule has 3 aromatic rings. The molecule has 0 amide bonds. The number of aromatic nitrogens is 1. The molecule has 0 bridgehead atoms. The lowest BCUT2D eigenvalue weighted by molar-refractivity contribution is 0.0472. The SMILES string of the molecule is COc1ccc2cc(COC(=O)c3cccc(S(=O)(=O)N4CCOCC4)c3)c(Cl)nc2c1. The van der Waals surface area contributed by atoms with Crippen molar-refractivity contribution in [1.82, 2.24) is 9.29 Å². The van der Waals surface area contributed by atoms with E-state index in [-0.39, 0.29) is 35.3 Å². The van der Waals surface area contributed by atoms with Crippen molar-refractivity contribution in [3.05, 3.63) is 64.8 Å². The third-order valence-corrected chi connectivity index (χ3v) is 7.31. The fourth-order valence-electron chi connectivity index (χ4n) is 3.34. The maximum Gasteiger partial charge on any atom is 0.338 e. The molecule has 0 aliphatic carbocycles. The van der Waals surface area contributed by atoms with E-state index in [1.54, 1.807) is 25.3 Å². The molecule has 1 aromatic heterocycles. The smallest absolute Gasteiger partial charge is 0.338 e. The summed E-state index contributed by atoms with van der Waals surface area (Å²) >= 11 is 6.26. The number of halogens is 1. The third-order valence-electron chi connectivity index (χ3n) is 5.09. The van der Waals surface area contributed by atoms with Gasteiger partial charge in [0.2, 0.25) is 10.0 Å². The quantitative estimate of drug-likeness (QED) is 0.398. The van der Waals surface area contributed by atoms with Gasteiger partial charge in [-0.05, 0) is 36.4 Å². The van der Waals surface area contributed by atoms with E-state index in [4.69, 9.17) is 25.8 Å². The molecule has 0 spiro atoms. The summed E-state index contributed by atoms with van der Waals surface area (Å²) in [5, 5.41) is 1.03. The third kappa shape index (κ3) is 4.71. The summed E-state index contributed by atoms with van der Waals surface area (Å²) in [4.78, 5) is 17.0. The Balaban J connectivity index is 1.50. The Hall–Kier alpha value is -2.72. The molecule has 168 valence electrons. The van der Waals surface area contributed by atoms with Crippen molar-refractivity contribution < 1.29 is 27.4 Å². The lowest BCUT2D eigenvalue weighted by Crippen LogP contribution is -2.40. The fraction of sp³-hybridized carbons (Fsp3) is 0.273. The Kier molecular flexibility index (Phi) is 6.61. The Morgan fingerprint density at radius 2 is 1.94 bits per heavy atom. The Morgan fingerprint density at radius 1 is 1.16 bits per heavy atom. The van der Waals surface area contributed by atoms with Crippen molar-refractivity contribution in [3.8, 4) is 5.75 Å². The van der Waals surface area contributed by atoms with E-state index in [2.05, 4.69) is 4.98 Å². The zero-order valence-electron chi connectivity index (χ0n) is 17.3. The second-order valence-electron chi connectivity index (χ2n) is 7.12. The number of pyridine rings is 1. The zero-order chi connectivity index (χ0) is 22.7. The molecule has 1 aliphatic rings. The number of nitrogens with zero attached hydrogens (tertiary/aromatic N) is 2. The fourth-order valence-corrected chi connectivity index (χ4v) is 5.00. The van der Waals surface area contributed by atoms with Gasteiger partial charge in [0, 0.05) is 30.1 Å². The van der Waals surface area contributed by atoms with Gasteiger partial charge in [0.05, 0.1) is 36.3 Å². The van der Waals surface area contributed by atoms with E-state index in [0.29, 0.717) is 30.0 Å². The first-order valence-corrected chi connectivity index (χ1v) is 11.7. The van der Waals surface area contributed by atoms with Crippen LogP contribution in [-0.2, 0) is 26.1 Å². The molecule has 2 aromatic carbocycles. The molecule has 1 saturated heterocycles. The Bertz CT molecular complexity index is 1260. The van der Waals surface area contributed by atoms with Gasteiger partial charge in [0.25, 0.3) is 0 Å². The largest absolute Gasteiger partial charge is 0.497 e. The highest BCUT2D eigenvalue weighted by atomic mass is 35.5. The van der Waals surface area contributed by atoms with Crippen LogP contribution < -0.4 is 4.74 Å². The second kappa shape index (κ2) is 9.41. The van der Waals surface area contributed by atoms with Gasteiger partial charge in [0.15, 0.2) is 0 Å². The molecule has 10 heteroatoms. The zero-order valence-corrected chi connectivity index (χ0v) is 18.9. The number of morpholine rings is 1. The molecule has 1 fully saturated rings. The number of hydrogen-bond acceptors (Lipinski definition) is 7. The predicted octanol–water partition coefficient (Wildman–Crippen LogP) is 3.27. The summed E-state index contributed by atoms with van der Waals surface area (Å²) in [5.74, 6) is 0.00193. The molecule has 1 aliphatic heterocycles. The van der Waals surface area contributed by atoms with Gasteiger partial charge in [0.1, 0.15) is 17.5 Å². The molecule has 4 rings (SSSR count). The topological polar surface area (TPSA) is 95.0 Å². The van der Waals surface area contributed by atoms with Crippen molar-refractivity contribution in [1.29, 1.82) is 0 Å². The molecular weight excluding hydrogens is 456 g/mol. The van der Waals surface area contributed by atoms with Gasteiger partial charge < -0.3 is 14.2 Å². The van der Waals surface area contributed by atoms with E-state index >= 15 is 0 Å². The second-order valence-corrected chi connectivity index (χ2v) is 9.41. The van der Waals surface area contributed by atoms with Crippen LogP contribution in [0.15, 0.2) is 53.4 Å². The number of rotatable bonds is 6. The monoisotopic (exact) mass is 476 g/mol. The molecule has 0 saturated carbocycles. The van der Waals surface area contributed by atoms with E-state index in [1.165, 1.54) is 28.6 Å². The van der Waals surface area contributed by atoms with E-state index in [1.807, 2.05) is 6.07 Å². The predicted molar refractivity (Wildman–Crippen MR) is 118 cm³/mol. The molecule has 0 unspecified atom stereocenters. The van der Waals surface area contributed by atoms with Gasteiger partial charge in [-0.15, -0.1) is 0 Å². The lowest BCUT2D eigenvalue weighted by atomic mass is 10.1. The van der Waals surface area contributed by atoms with Crippen LogP contribution in [0.3, 0.4) is 0 Å². The number of ether oxygens (including phenoxy) is 3. The molecular formula is C22H21ClN2O6S. The maximum atomic E-state index is 12.8. The number of benzene rings is 2. The summed E-state index contributed by atoms with van der Waals surface area (Å²) in [6, 6.07) is 13.0. The number of sulfonamides is 1. The van der Waals surface area contributed by atoms with Crippen molar-refractivity contribution in [2.75, 3.05) is 33.4 Å². The highest BCUT2D eigenvalue weighted by Crippen LogP contribution is 2.25.